The van der Waals surface area contributed by atoms with Crippen molar-refractivity contribution in [1.29, 1.82) is 0 Å². The summed E-state index contributed by atoms with van der Waals surface area (Å²) in [6.45, 7) is 4.51. The lowest BCUT2D eigenvalue weighted by Gasteiger charge is -2.39. The molecule has 1 aromatic rings. The van der Waals surface area contributed by atoms with E-state index in [9.17, 15) is 4.79 Å². The number of methoxy groups -OCH3 is 1. The molecule has 4 nitrogen and oxygen atoms in total. The van der Waals surface area contributed by atoms with E-state index in [-0.39, 0.29) is 0 Å². The van der Waals surface area contributed by atoms with Gasteiger partial charge >= 0.3 is 0 Å². The van der Waals surface area contributed by atoms with Crippen molar-refractivity contribution in [3.8, 4) is 5.75 Å². The molecule has 4 heteroatoms. The van der Waals surface area contributed by atoms with E-state index in [1.54, 1.807) is 7.11 Å². The Morgan fingerprint density at radius 2 is 1.85 bits per heavy atom. The van der Waals surface area contributed by atoms with Crippen LogP contribution in [0.1, 0.15) is 43.6 Å². The Balaban J connectivity index is 1.38. The van der Waals surface area contributed by atoms with E-state index in [0.29, 0.717) is 29.7 Å². The smallest absolute Gasteiger partial charge is 0.225 e. The second kappa shape index (κ2) is 6.56. The molecule has 2 aliphatic heterocycles. The fraction of sp³-hybridized carbons (Fsp3) is 0.682. The number of benzene rings is 1. The molecule has 2 saturated carbocycles. The molecule has 4 aliphatic rings. The molecular weight excluding hydrogens is 324 g/mol. The topological polar surface area (TPSA) is 32.8 Å². The lowest BCUT2D eigenvalue weighted by Crippen LogP contribution is -2.48. The summed E-state index contributed by atoms with van der Waals surface area (Å²) in [4.78, 5) is 17.9. The molecule has 0 aromatic heterocycles. The van der Waals surface area contributed by atoms with Gasteiger partial charge in [-0.05, 0) is 55.7 Å². The standard InChI is InChI=1S/C22H30N2O2/c1-26-18-8-6-16(7-9-18)19-14-24(22(25)17-4-5-17)21-10-11-23(13-20(19)21)12-15-2-3-15/h6-9,15,17,19-21H,2-5,10-14H2,1H3/t19-,20-,21-/m1/s1. The third-order valence-corrected chi connectivity index (χ3v) is 6.98. The minimum Gasteiger partial charge on any atom is -0.497 e. The van der Waals surface area contributed by atoms with Gasteiger partial charge in [0, 0.05) is 50.0 Å². The second-order valence-corrected chi connectivity index (χ2v) is 8.87. The fourth-order valence-electron chi connectivity index (χ4n) is 5.16. The Morgan fingerprint density at radius 1 is 1.08 bits per heavy atom. The highest BCUT2D eigenvalue weighted by Crippen LogP contribution is 2.45. The van der Waals surface area contributed by atoms with Gasteiger partial charge in [0.2, 0.25) is 5.91 Å². The van der Waals surface area contributed by atoms with Crippen LogP contribution in [-0.2, 0) is 4.79 Å². The SMILES string of the molecule is COc1ccc([C@H]2CN(C(=O)C3CC3)[C@@H]3CCN(CC4CC4)C[C@H]23)cc1. The molecule has 0 bridgehead atoms. The third kappa shape index (κ3) is 3.13. The largest absolute Gasteiger partial charge is 0.497 e. The second-order valence-electron chi connectivity index (χ2n) is 8.87. The maximum absolute atomic E-state index is 12.9. The Morgan fingerprint density at radius 3 is 2.50 bits per heavy atom. The number of ether oxygens (including phenoxy) is 1. The molecule has 0 radical (unpaired) electrons. The number of amides is 1. The first-order valence-electron chi connectivity index (χ1n) is 10.4. The molecule has 1 aromatic carbocycles. The zero-order chi connectivity index (χ0) is 17.7. The van der Waals surface area contributed by atoms with Crippen LogP contribution in [0.5, 0.6) is 5.75 Å². The molecule has 2 heterocycles. The van der Waals surface area contributed by atoms with Crippen molar-refractivity contribution in [2.24, 2.45) is 17.8 Å². The van der Waals surface area contributed by atoms with Gasteiger partial charge in [-0.15, -0.1) is 0 Å². The van der Waals surface area contributed by atoms with E-state index in [1.807, 2.05) is 0 Å². The normalized spacial score (nSPS) is 31.7. The molecule has 140 valence electrons. The lowest BCUT2D eigenvalue weighted by molar-refractivity contribution is -0.134. The van der Waals surface area contributed by atoms with Gasteiger partial charge in [-0.3, -0.25) is 4.79 Å². The van der Waals surface area contributed by atoms with Crippen molar-refractivity contribution >= 4 is 5.91 Å². The van der Waals surface area contributed by atoms with E-state index in [1.165, 1.54) is 31.5 Å². The zero-order valence-electron chi connectivity index (χ0n) is 15.8. The molecule has 0 spiro atoms. The van der Waals surface area contributed by atoms with E-state index in [0.717, 1.165) is 44.0 Å². The number of hydrogen-bond donors (Lipinski definition) is 0. The molecule has 4 fully saturated rings. The lowest BCUT2D eigenvalue weighted by atomic mass is 9.81. The van der Waals surface area contributed by atoms with Crippen LogP contribution >= 0.6 is 0 Å². The molecule has 26 heavy (non-hydrogen) atoms. The Labute approximate surface area is 156 Å². The monoisotopic (exact) mass is 354 g/mol. The van der Waals surface area contributed by atoms with Gasteiger partial charge in [-0.1, -0.05) is 12.1 Å². The average Bonchev–Trinajstić information content (AvgIpc) is 3.59. The number of rotatable bonds is 5. The minimum absolute atomic E-state index is 0.328. The van der Waals surface area contributed by atoms with Crippen LogP contribution in [0.2, 0.25) is 0 Å². The van der Waals surface area contributed by atoms with Crippen LogP contribution in [0.15, 0.2) is 24.3 Å². The molecule has 0 N–H and O–H groups in total. The first-order valence-corrected chi connectivity index (χ1v) is 10.4. The Bertz CT molecular complexity index is 665. The van der Waals surface area contributed by atoms with Gasteiger partial charge < -0.3 is 14.5 Å². The van der Waals surface area contributed by atoms with Crippen molar-refractivity contribution < 1.29 is 9.53 Å². The zero-order valence-corrected chi connectivity index (χ0v) is 15.8. The summed E-state index contributed by atoms with van der Waals surface area (Å²) in [6.07, 6.45) is 6.20. The van der Waals surface area contributed by atoms with Crippen molar-refractivity contribution in [2.75, 3.05) is 33.3 Å². The predicted octanol–water partition coefficient (Wildman–Crippen LogP) is 3.13. The molecule has 0 unspecified atom stereocenters. The van der Waals surface area contributed by atoms with Crippen LogP contribution < -0.4 is 4.74 Å². The van der Waals surface area contributed by atoms with Crippen LogP contribution in [0.25, 0.3) is 0 Å². The van der Waals surface area contributed by atoms with Crippen LogP contribution in [0, 0.1) is 17.8 Å². The van der Waals surface area contributed by atoms with Crippen molar-refractivity contribution in [3.05, 3.63) is 29.8 Å². The summed E-state index contributed by atoms with van der Waals surface area (Å²) in [6, 6.07) is 9.02. The quantitative estimate of drug-likeness (QED) is 0.814. The van der Waals surface area contributed by atoms with Crippen molar-refractivity contribution in [2.45, 2.75) is 44.1 Å². The molecular formula is C22H30N2O2. The number of carbonyl (C=O) groups is 1. The predicted molar refractivity (Wildman–Crippen MR) is 101 cm³/mol. The summed E-state index contributed by atoms with van der Waals surface area (Å²) >= 11 is 0. The summed E-state index contributed by atoms with van der Waals surface area (Å²) in [5, 5.41) is 0. The molecule has 3 atom stereocenters. The highest BCUT2D eigenvalue weighted by Gasteiger charge is 2.49. The number of nitrogens with zero attached hydrogens (tertiary/aromatic N) is 2. The van der Waals surface area contributed by atoms with Crippen molar-refractivity contribution in [3.63, 3.8) is 0 Å². The summed E-state index contributed by atoms with van der Waals surface area (Å²) in [5.41, 5.74) is 1.38. The van der Waals surface area contributed by atoms with Gasteiger partial charge in [-0.2, -0.15) is 0 Å². The number of fused-ring (bicyclic) bond motifs is 1. The van der Waals surface area contributed by atoms with E-state index in [4.69, 9.17) is 4.74 Å². The summed E-state index contributed by atoms with van der Waals surface area (Å²) < 4.78 is 5.33. The average molecular weight is 354 g/mol. The number of likely N-dealkylation sites (tertiary alicyclic amines) is 2. The Hall–Kier alpha value is -1.55. The van der Waals surface area contributed by atoms with E-state index < -0.39 is 0 Å². The van der Waals surface area contributed by atoms with Crippen LogP contribution in [0.3, 0.4) is 0 Å². The van der Waals surface area contributed by atoms with Gasteiger partial charge in [0.05, 0.1) is 7.11 Å². The minimum atomic E-state index is 0.328. The van der Waals surface area contributed by atoms with E-state index in [2.05, 4.69) is 34.1 Å². The summed E-state index contributed by atoms with van der Waals surface area (Å²) in [7, 11) is 1.72. The van der Waals surface area contributed by atoms with E-state index >= 15 is 0 Å². The van der Waals surface area contributed by atoms with Gasteiger partial charge in [0.1, 0.15) is 5.75 Å². The molecule has 1 amide bonds. The number of piperidine rings is 1. The van der Waals surface area contributed by atoms with Gasteiger partial charge in [0.15, 0.2) is 0 Å². The van der Waals surface area contributed by atoms with Crippen LogP contribution in [-0.4, -0.2) is 55.0 Å². The van der Waals surface area contributed by atoms with Gasteiger partial charge in [-0.25, -0.2) is 0 Å². The summed E-state index contributed by atoms with van der Waals surface area (Å²) in [5.74, 6) is 3.67. The first-order chi connectivity index (χ1) is 12.7. The molecule has 5 rings (SSSR count). The number of hydrogen-bond acceptors (Lipinski definition) is 3. The third-order valence-electron chi connectivity index (χ3n) is 6.98. The fourth-order valence-corrected chi connectivity index (χ4v) is 5.16. The van der Waals surface area contributed by atoms with Crippen LogP contribution in [0.4, 0.5) is 0 Å². The maximum atomic E-state index is 12.9. The molecule has 2 saturated heterocycles. The van der Waals surface area contributed by atoms with Crippen molar-refractivity contribution in [1.82, 2.24) is 9.80 Å². The van der Waals surface area contributed by atoms with Gasteiger partial charge in [0.25, 0.3) is 0 Å². The molecule has 2 aliphatic carbocycles. The number of carbonyl (C=O) groups excluding carboxylic acids is 1. The Kier molecular flexibility index (Phi) is 4.19. The maximum Gasteiger partial charge on any atom is 0.225 e. The highest BCUT2D eigenvalue weighted by molar-refractivity contribution is 5.82. The highest BCUT2D eigenvalue weighted by atomic mass is 16.5. The first kappa shape index (κ1) is 16.6.